The quantitative estimate of drug-likeness (QED) is 0.745. The Morgan fingerprint density at radius 2 is 2.04 bits per heavy atom. The summed E-state index contributed by atoms with van der Waals surface area (Å²) in [7, 11) is 0. The maximum Gasteiger partial charge on any atom is 0.318 e. The smallest absolute Gasteiger partial charge is 0.318 e. The summed E-state index contributed by atoms with van der Waals surface area (Å²) in [6.45, 7) is 4.15. The number of amides is 3. The molecule has 0 spiro atoms. The van der Waals surface area contributed by atoms with E-state index in [2.05, 4.69) is 30.7 Å². The first kappa shape index (κ1) is 18.0. The Bertz CT molecular complexity index is 760. The molecule has 0 bridgehead atoms. The second kappa shape index (κ2) is 8.05. The molecule has 26 heavy (non-hydrogen) atoms. The second-order valence-electron chi connectivity index (χ2n) is 5.95. The van der Waals surface area contributed by atoms with Crippen molar-refractivity contribution in [2.45, 2.75) is 13.0 Å². The molecule has 1 aromatic carbocycles. The van der Waals surface area contributed by atoms with Crippen molar-refractivity contribution < 1.29 is 9.59 Å². The molecule has 10 heteroatoms. The van der Waals surface area contributed by atoms with E-state index in [1.165, 1.54) is 6.33 Å². The van der Waals surface area contributed by atoms with Gasteiger partial charge >= 0.3 is 6.03 Å². The summed E-state index contributed by atoms with van der Waals surface area (Å²) in [5.41, 5.74) is 1.04. The fraction of sp³-hybridized carbons (Fsp3) is 0.375. The SMILES string of the molecule is C[C@@H](NC(=O)N1CCN(c2cccc(Cl)c2)CC1)C(=O)Nc1ncn[nH]1. The van der Waals surface area contributed by atoms with E-state index < -0.39 is 6.04 Å². The lowest BCUT2D eigenvalue weighted by Crippen LogP contribution is -2.54. The van der Waals surface area contributed by atoms with Crippen LogP contribution in [0.5, 0.6) is 0 Å². The van der Waals surface area contributed by atoms with Crippen molar-refractivity contribution >= 4 is 35.2 Å². The Balaban J connectivity index is 1.48. The van der Waals surface area contributed by atoms with Crippen LogP contribution in [0.15, 0.2) is 30.6 Å². The number of halogens is 1. The monoisotopic (exact) mass is 377 g/mol. The number of piperazine rings is 1. The number of aromatic amines is 1. The minimum atomic E-state index is -0.696. The van der Waals surface area contributed by atoms with Crippen molar-refractivity contribution in [3.05, 3.63) is 35.6 Å². The molecule has 1 fully saturated rings. The normalized spacial score (nSPS) is 15.5. The zero-order valence-electron chi connectivity index (χ0n) is 14.3. The predicted octanol–water partition coefficient (Wildman–Crippen LogP) is 1.32. The Morgan fingerprint density at radius 3 is 2.69 bits per heavy atom. The van der Waals surface area contributed by atoms with E-state index in [0.29, 0.717) is 31.2 Å². The van der Waals surface area contributed by atoms with E-state index in [9.17, 15) is 9.59 Å². The summed E-state index contributed by atoms with van der Waals surface area (Å²) >= 11 is 6.03. The first-order valence-electron chi connectivity index (χ1n) is 8.25. The summed E-state index contributed by atoms with van der Waals surface area (Å²) in [6.07, 6.45) is 1.29. The zero-order chi connectivity index (χ0) is 18.5. The third-order valence-corrected chi connectivity index (χ3v) is 4.37. The van der Waals surface area contributed by atoms with Crippen molar-refractivity contribution in [3.8, 4) is 0 Å². The van der Waals surface area contributed by atoms with Gasteiger partial charge < -0.3 is 15.1 Å². The number of benzene rings is 1. The first-order chi connectivity index (χ1) is 12.5. The third-order valence-electron chi connectivity index (χ3n) is 4.13. The Hall–Kier alpha value is -2.81. The molecule has 1 aliphatic rings. The largest absolute Gasteiger partial charge is 0.368 e. The predicted molar refractivity (Wildman–Crippen MR) is 98.2 cm³/mol. The van der Waals surface area contributed by atoms with Crippen molar-refractivity contribution in [1.29, 1.82) is 0 Å². The highest BCUT2D eigenvalue weighted by Gasteiger charge is 2.24. The van der Waals surface area contributed by atoms with Crippen LogP contribution in [0.3, 0.4) is 0 Å². The zero-order valence-corrected chi connectivity index (χ0v) is 15.0. The van der Waals surface area contributed by atoms with Crippen molar-refractivity contribution in [1.82, 2.24) is 25.4 Å². The standard InChI is InChI=1S/C16H20ClN7O2/c1-11(14(25)21-15-18-10-19-22-15)20-16(26)24-7-5-23(6-8-24)13-4-2-3-12(17)9-13/h2-4,9-11H,5-8H2,1H3,(H,20,26)(H2,18,19,21,22,25)/t11-/m1/s1. The van der Waals surface area contributed by atoms with Crippen LogP contribution >= 0.6 is 11.6 Å². The summed E-state index contributed by atoms with van der Waals surface area (Å²) < 4.78 is 0. The lowest BCUT2D eigenvalue weighted by molar-refractivity contribution is -0.117. The first-order valence-corrected chi connectivity index (χ1v) is 8.63. The maximum absolute atomic E-state index is 12.4. The van der Waals surface area contributed by atoms with E-state index >= 15 is 0 Å². The van der Waals surface area contributed by atoms with E-state index in [-0.39, 0.29) is 17.9 Å². The van der Waals surface area contributed by atoms with Crippen LogP contribution < -0.4 is 15.5 Å². The van der Waals surface area contributed by atoms with Gasteiger partial charge in [-0.2, -0.15) is 10.1 Å². The van der Waals surface area contributed by atoms with Gasteiger partial charge in [-0.05, 0) is 25.1 Å². The molecule has 138 valence electrons. The fourth-order valence-corrected chi connectivity index (χ4v) is 2.86. The summed E-state index contributed by atoms with van der Waals surface area (Å²) in [6, 6.07) is 6.69. The fourth-order valence-electron chi connectivity index (χ4n) is 2.67. The van der Waals surface area contributed by atoms with Gasteiger partial charge in [0.2, 0.25) is 11.9 Å². The number of carbonyl (C=O) groups is 2. The molecule has 3 rings (SSSR count). The molecule has 2 aromatic rings. The molecule has 0 aliphatic carbocycles. The van der Waals surface area contributed by atoms with Gasteiger partial charge in [-0.3, -0.25) is 10.1 Å². The topological polar surface area (TPSA) is 106 Å². The van der Waals surface area contributed by atoms with Gasteiger partial charge in [-0.1, -0.05) is 17.7 Å². The molecule has 1 atom stereocenters. The lowest BCUT2D eigenvalue weighted by Gasteiger charge is -2.36. The molecule has 2 heterocycles. The highest BCUT2D eigenvalue weighted by molar-refractivity contribution is 6.30. The number of nitrogens with one attached hydrogen (secondary N) is 3. The number of carbonyl (C=O) groups excluding carboxylic acids is 2. The Labute approximate surface area is 155 Å². The number of rotatable bonds is 4. The van der Waals surface area contributed by atoms with Crippen LogP contribution in [0.2, 0.25) is 5.02 Å². The average Bonchev–Trinajstić information content (AvgIpc) is 3.14. The summed E-state index contributed by atoms with van der Waals surface area (Å²) in [5, 5.41) is 12.1. The molecular weight excluding hydrogens is 358 g/mol. The van der Waals surface area contributed by atoms with Crippen LogP contribution in [-0.4, -0.2) is 64.2 Å². The molecule has 1 aliphatic heterocycles. The number of nitrogens with zero attached hydrogens (tertiary/aromatic N) is 4. The average molecular weight is 378 g/mol. The molecule has 0 saturated carbocycles. The summed E-state index contributed by atoms with van der Waals surface area (Å²) in [4.78, 5) is 32.1. The van der Waals surface area contributed by atoms with Gasteiger partial charge in [0.25, 0.3) is 0 Å². The highest BCUT2D eigenvalue weighted by Crippen LogP contribution is 2.20. The van der Waals surface area contributed by atoms with Crippen molar-refractivity contribution in [2.24, 2.45) is 0 Å². The van der Waals surface area contributed by atoms with Crippen LogP contribution in [-0.2, 0) is 4.79 Å². The summed E-state index contributed by atoms with van der Waals surface area (Å²) in [5.74, 6) is -0.126. The van der Waals surface area contributed by atoms with Crippen LogP contribution in [0.4, 0.5) is 16.4 Å². The minimum Gasteiger partial charge on any atom is -0.368 e. The molecule has 3 amide bonds. The van der Waals surface area contributed by atoms with Gasteiger partial charge in [0.05, 0.1) is 0 Å². The van der Waals surface area contributed by atoms with Crippen molar-refractivity contribution in [3.63, 3.8) is 0 Å². The number of urea groups is 1. The molecular formula is C16H20ClN7O2. The molecule has 1 saturated heterocycles. The lowest BCUT2D eigenvalue weighted by atomic mass is 10.2. The second-order valence-corrected chi connectivity index (χ2v) is 6.38. The van der Waals surface area contributed by atoms with Crippen LogP contribution in [0, 0.1) is 0 Å². The molecule has 1 aromatic heterocycles. The van der Waals surface area contributed by atoms with Gasteiger partial charge in [0, 0.05) is 36.9 Å². The molecule has 3 N–H and O–H groups in total. The number of hydrogen-bond donors (Lipinski definition) is 3. The van der Waals surface area contributed by atoms with E-state index in [1.54, 1.807) is 11.8 Å². The van der Waals surface area contributed by atoms with Crippen LogP contribution in [0.25, 0.3) is 0 Å². The number of aromatic nitrogens is 3. The molecule has 0 unspecified atom stereocenters. The Kier molecular flexibility index (Phi) is 5.57. The number of H-pyrrole nitrogens is 1. The third kappa shape index (κ3) is 4.42. The van der Waals surface area contributed by atoms with Crippen LogP contribution in [0.1, 0.15) is 6.92 Å². The van der Waals surface area contributed by atoms with Gasteiger partial charge in [-0.25, -0.2) is 9.89 Å². The maximum atomic E-state index is 12.4. The molecule has 0 radical (unpaired) electrons. The van der Waals surface area contributed by atoms with E-state index in [0.717, 1.165) is 5.69 Å². The van der Waals surface area contributed by atoms with E-state index in [4.69, 9.17) is 11.6 Å². The van der Waals surface area contributed by atoms with Crippen molar-refractivity contribution in [2.75, 3.05) is 36.4 Å². The molecule has 9 nitrogen and oxygen atoms in total. The minimum absolute atomic E-state index is 0.242. The van der Waals surface area contributed by atoms with Gasteiger partial charge in [0.15, 0.2) is 0 Å². The number of hydrogen-bond acceptors (Lipinski definition) is 5. The van der Waals surface area contributed by atoms with Gasteiger partial charge in [0.1, 0.15) is 12.4 Å². The van der Waals surface area contributed by atoms with Gasteiger partial charge in [-0.15, -0.1) is 0 Å². The number of anilines is 2. The van der Waals surface area contributed by atoms with E-state index in [1.807, 2.05) is 24.3 Å². The Morgan fingerprint density at radius 1 is 1.27 bits per heavy atom. The highest BCUT2D eigenvalue weighted by atomic mass is 35.5.